The summed E-state index contributed by atoms with van der Waals surface area (Å²) in [6.07, 6.45) is 3.90. The first-order valence-corrected chi connectivity index (χ1v) is 13.9. The maximum atomic E-state index is 14.2. The molecule has 2 N–H and O–H groups in total. The van der Waals surface area contributed by atoms with Gasteiger partial charge < -0.3 is 20.1 Å². The molecular formula is C32H31F3N4O6. The second-order valence-corrected chi connectivity index (χ2v) is 10.3. The number of carboxylic acids is 1. The Morgan fingerprint density at radius 3 is 2.36 bits per heavy atom. The average Bonchev–Trinajstić information content (AvgIpc) is 3.00. The molecule has 13 heteroatoms. The van der Waals surface area contributed by atoms with Gasteiger partial charge in [-0.1, -0.05) is 42.5 Å². The summed E-state index contributed by atoms with van der Waals surface area (Å²) in [5.41, 5.74) is -1.68. The number of hydrogen-bond acceptors (Lipinski definition) is 6. The topological polar surface area (TPSA) is 121 Å². The van der Waals surface area contributed by atoms with Crippen molar-refractivity contribution in [2.45, 2.75) is 45.0 Å². The molecule has 1 aromatic heterocycles. The maximum Gasteiger partial charge on any atom is 0.303 e. The number of aromatic nitrogens is 1. The number of aliphatic carboxylic acids is 1. The second-order valence-electron chi connectivity index (χ2n) is 10.3. The molecule has 0 saturated heterocycles. The third kappa shape index (κ3) is 7.08. The fourth-order valence-electron chi connectivity index (χ4n) is 4.81. The van der Waals surface area contributed by atoms with Crippen LogP contribution in [0.25, 0.3) is 0 Å². The number of fused-ring (bicyclic) bond motifs is 1. The van der Waals surface area contributed by atoms with Crippen molar-refractivity contribution in [2.24, 2.45) is 0 Å². The molecule has 45 heavy (non-hydrogen) atoms. The van der Waals surface area contributed by atoms with E-state index in [1.165, 1.54) is 15.7 Å². The van der Waals surface area contributed by atoms with Crippen molar-refractivity contribution in [1.82, 2.24) is 14.9 Å². The van der Waals surface area contributed by atoms with Crippen LogP contribution in [0, 0.1) is 17.5 Å². The van der Waals surface area contributed by atoms with Gasteiger partial charge in [0.15, 0.2) is 11.4 Å². The number of benzene rings is 2. The summed E-state index contributed by atoms with van der Waals surface area (Å²) in [6, 6.07) is 8.43. The van der Waals surface area contributed by atoms with Crippen LogP contribution >= 0.6 is 0 Å². The van der Waals surface area contributed by atoms with Gasteiger partial charge in [-0.15, -0.1) is 13.2 Å². The number of carbonyl (C=O) groups excluding carboxylic acids is 2. The minimum Gasteiger partial charge on any atom is -0.482 e. The standard InChI is InChI=1S/C32H31F3N4O6/c1-4-19(3)39-18-37(22(5-2)11-12-27(40)41)32(44)28-30(45-17-20-9-7-6-8-10-20)29(42)24(16-38(28)39)31(43)36-15-23-25(34)13-21(33)14-26(23)35/h4-10,13-14,16,19,22H,1-2,11-12,15,17-18H2,3H3,(H,36,43)(H,40,41)/t19?,22-/m0/s1. The summed E-state index contributed by atoms with van der Waals surface area (Å²) in [5, 5.41) is 13.1. The van der Waals surface area contributed by atoms with Crippen molar-refractivity contribution in [3.63, 3.8) is 0 Å². The molecule has 0 spiro atoms. The van der Waals surface area contributed by atoms with Crippen molar-refractivity contribution < 1.29 is 37.4 Å². The molecule has 2 atom stereocenters. The molecule has 0 bridgehead atoms. The zero-order valence-corrected chi connectivity index (χ0v) is 24.3. The Balaban J connectivity index is 1.82. The highest BCUT2D eigenvalue weighted by Crippen LogP contribution is 2.27. The van der Waals surface area contributed by atoms with Crippen LogP contribution in [0.1, 0.15) is 51.7 Å². The van der Waals surface area contributed by atoms with Crippen molar-refractivity contribution in [3.05, 3.63) is 124 Å². The number of nitrogens with zero attached hydrogens (tertiary/aromatic N) is 3. The molecule has 236 valence electrons. The molecule has 2 aromatic carbocycles. The molecule has 2 heterocycles. The molecule has 1 unspecified atom stereocenters. The van der Waals surface area contributed by atoms with Gasteiger partial charge in [-0.3, -0.25) is 28.9 Å². The molecule has 1 aliphatic heterocycles. The second kappa shape index (κ2) is 14.0. The van der Waals surface area contributed by atoms with E-state index in [2.05, 4.69) is 18.5 Å². The van der Waals surface area contributed by atoms with Gasteiger partial charge in [-0.25, -0.2) is 13.2 Å². The van der Waals surface area contributed by atoms with Crippen LogP contribution < -0.4 is 20.5 Å². The van der Waals surface area contributed by atoms with Gasteiger partial charge in [-0.05, 0) is 18.9 Å². The number of nitrogens with one attached hydrogen (secondary N) is 1. The van der Waals surface area contributed by atoms with E-state index in [4.69, 9.17) is 4.74 Å². The number of hydrogen-bond donors (Lipinski definition) is 2. The van der Waals surface area contributed by atoms with E-state index in [0.29, 0.717) is 17.7 Å². The number of ether oxygens (including phenoxy) is 1. The Morgan fingerprint density at radius 1 is 1.09 bits per heavy atom. The van der Waals surface area contributed by atoms with Crippen molar-refractivity contribution in [2.75, 3.05) is 11.7 Å². The van der Waals surface area contributed by atoms with Crippen LogP contribution in [0.3, 0.4) is 0 Å². The van der Waals surface area contributed by atoms with E-state index in [1.807, 2.05) is 0 Å². The highest BCUT2D eigenvalue weighted by atomic mass is 19.1. The normalized spacial score (nSPS) is 13.9. The van der Waals surface area contributed by atoms with Gasteiger partial charge in [-0.2, -0.15) is 0 Å². The van der Waals surface area contributed by atoms with Crippen LogP contribution in [0.2, 0.25) is 0 Å². The number of carbonyl (C=O) groups is 3. The van der Waals surface area contributed by atoms with Gasteiger partial charge in [0.25, 0.3) is 11.8 Å². The fraction of sp³-hybridized carbons (Fsp3) is 0.250. The summed E-state index contributed by atoms with van der Waals surface area (Å²) >= 11 is 0. The van der Waals surface area contributed by atoms with Crippen LogP contribution in [-0.2, 0) is 17.9 Å². The van der Waals surface area contributed by atoms with E-state index < -0.39 is 76.2 Å². The minimum atomic E-state index is -1.22. The first-order chi connectivity index (χ1) is 21.5. The van der Waals surface area contributed by atoms with E-state index in [0.717, 1.165) is 6.20 Å². The molecular weight excluding hydrogens is 593 g/mol. The molecule has 0 saturated carbocycles. The lowest BCUT2D eigenvalue weighted by molar-refractivity contribution is -0.137. The molecule has 2 amide bonds. The number of pyridine rings is 1. The molecule has 4 rings (SSSR count). The Labute approximate surface area is 256 Å². The first-order valence-electron chi connectivity index (χ1n) is 13.9. The molecule has 1 aliphatic rings. The summed E-state index contributed by atoms with van der Waals surface area (Å²) in [7, 11) is 0. The highest BCUT2D eigenvalue weighted by molar-refractivity contribution is 5.99. The SMILES string of the molecule is C=CC(C)N1CN([C@@H](C=C)CCC(=O)O)C(=O)c2c(OCc3ccccc3)c(=O)c(C(=O)NCc3c(F)cc(F)cc3F)cn21. The van der Waals surface area contributed by atoms with E-state index >= 15 is 0 Å². The van der Waals surface area contributed by atoms with E-state index in [1.54, 1.807) is 48.3 Å². The van der Waals surface area contributed by atoms with Crippen molar-refractivity contribution >= 4 is 17.8 Å². The molecule has 10 nitrogen and oxygen atoms in total. The van der Waals surface area contributed by atoms with Crippen molar-refractivity contribution in [3.8, 4) is 5.75 Å². The predicted molar refractivity (Wildman–Crippen MR) is 159 cm³/mol. The van der Waals surface area contributed by atoms with Gasteiger partial charge in [0.2, 0.25) is 5.43 Å². The lowest BCUT2D eigenvalue weighted by atomic mass is 10.1. The van der Waals surface area contributed by atoms with Gasteiger partial charge in [0, 0.05) is 36.9 Å². The van der Waals surface area contributed by atoms with E-state index in [9.17, 15) is 37.5 Å². The lowest BCUT2D eigenvalue weighted by Crippen LogP contribution is -2.59. The fourth-order valence-corrected chi connectivity index (χ4v) is 4.81. The zero-order chi connectivity index (χ0) is 32.8. The Hall–Kier alpha value is -5.33. The van der Waals surface area contributed by atoms with Gasteiger partial charge >= 0.3 is 5.97 Å². The molecule has 0 fully saturated rings. The zero-order valence-electron chi connectivity index (χ0n) is 24.3. The molecule has 3 aromatic rings. The number of amides is 2. The Bertz CT molecular complexity index is 1670. The summed E-state index contributed by atoms with van der Waals surface area (Å²) in [5.74, 6) is -6.83. The quantitative estimate of drug-likeness (QED) is 0.275. The van der Waals surface area contributed by atoms with Crippen LogP contribution in [0.4, 0.5) is 13.2 Å². The number of halogens is 3. The Kier molecular flexibility index (Phi) is 10.1. The first kappa shape index (κ1) is 32.6. The maximum absolute atomic E-state index is 14.2. The third-order valence-electron chi connectivity index (χ3n) is 7.32. The Morgan fingerprint density at radius 2 is 1.76 bits per heavy atom. The predicted octanol–water partition coefficient (Wildman–Crippen LogP) is 4.12. The van der Waals surface area contributed by atoms with Crippen LogP contribution in [0.15, 0.2) is 78.8 Å². The summed E-state index contributed by atoms with van der Waals surface area (Å²) in [6.45, 7) is 8.34. The molecule has 0 aliphatic carbocycles. The number of carboxylic acid groups (broad SMARTS) is 1. The number of rotatable bonds is 13. The van der Waals surface area contributed by atoms with Crippen LogP contribution in [0.5, 0.6) is 5.75 Å². The van der Waals surface area contributed by atoms with Gasteiger partial charge in [0.05, 0.1) is 12.1 Å². The minimum absolute atomic E-state index is 0.0440. The summed E-state index contributed by atoms with van der Waals surface area (Å²) in [4.78, 5) is 53.8. The molecule has 0 radical (unpaired) electrons. The highest BCUT2D eigenvalue weighted by Gasteiger charge is 2.38. The summed E-state index contributed by atoms with van der Waals surface area (Å²) < 4.78 is 49.0. The average molecular weight is 625 g/mol. The van der Waals surface area contributed by atoms with E-state index in [-0.39, 0.29) is 31.8 Å². The smallest absolute Gasteiger partial charge is 0.303 e. The largest absolute Gasteiger partial charge is 0.482 e. The van der Waals surface area contributed by atoms with Crippen LogP contribution in [-0.4, -0.2) is 51.2 Å². The van der Waals surface area contributed by atoms with Crippen molar-refractivity contribution in [1.29, 1.82) is 0 Å². The monoisotopic (exact) mass is 624 g/mol. The van der Waals surface area contributed by atoms with Gasteiger partial charge in [0.1, 0.15) is 36.3 Å². The third-order valence-corrected chi connectivity index (χ3v) is 7.32. The lowest BCUT2D eigenvalue weighted by Gasteiger charge is -2.44.